The van der Waals surface area contributed by atoms with Gasteiger partial charge in [0.25, 0.3) is 0 Å². The van der Waals surface area contributed by atoms with E-state index >= 15 is 0 Å². The van der Waals surface area contributed by atoms with Crippen LogP contribution in [0.25, 0.3) is 0 Å². The first kappa shape index (κ1) is 15.4. The van der Waals surface area contributed by atoms with Crippen molar-refractivity contribution in [3.63, 3.8) is 0 Å². The van der Waals surface area contributed by atoms with Gasteiger partial charge in [0.1, 0.15) is 5.60 Å². The van der Waals surface area contributed by atoms with Crippen LogP contribution in [0.4, 0.5) is 4.79 Å². The largest absolute Gasteiger partial charge is 0.444 e. The fourth-order valence-electron chi connectivity index (χ4n) is 2.16. The molecule has 0 aromatic heterocycles. The Labute approximate surface area is 129 Å². The minimum absolute atomic E-state index is 0.213. The van der Waals surface area contributed by atoms with Gasteiger partial charge in [-0.3, -0.25) is 0 Å². The zero-order valence-corrected chi connectivity index (χ0v) is 14.1. The number of hydrogen-bond donors (Lipinski definition) is 0. The summed E-state index contributed by atoms with van der Waals surface area (Å²) in [6.07, 6.45) is 0.852. The standard InChI is InChI=1S/C16H22BrNO2/c1-11-9-14(11)18(15(19)20-16(2,3)4)10-12-5-7-13(17)8-6-12/h5-8,11,14H,9-10H2,1-4H3. The number of nitrogens with zero attached hydrogens (tertiary/aromatic N) is 1. The maximum absolute atomic E-state index is 12.4. The first-order chi connectivity index (χ1) is 9.26. The lowest BCUT2D eigenvalue weighted by molar-refractivity contribution is 0.0208. The van der Waals surface area contributed by atoms with Gasteiger partial charge in [-0.2, -0.15) is 0 Å². The van der Waals surface area contributed by atoms with E-state index in [1.807, 2.05) is 49.9 Å². The van der Waals surface area contributed by atoms with Crippen molar-refractivity contribution in [3.8, 4) is 0 Å². The number of halogens is 1. The van der Waals surface area contributed by atoms with Crippen LogP contribution in [0.15, 0.2) is 28.7 Å². The normalized spacial score (nSPS) is 21.4. The summed E-state index contributed by atoms with van der Waals surface area (Å²) < 4.78 is 6.57. The Kier molecular flexibility index (Phi) is 4.43. The molecule has 0 spiro atoms. The molecule has 0 saturated heterocycles. The van der Waals surface area contributed by atoms with Crippen LogP contribution in [0.1, 0.15) is 39.7 Å². The molecule has 110 valence electrons. The molecule has 1 aliphatic rings. The second kappa shape index (κ2) is 5.76. The zero-order valence-electron chi connectivity index (χ0n) is 12.5. The predicted octanol–water partition coefficient (Wildman–Crippen LogP) is 4.59. The number of amides is 1. The summed E-state index contributed by atoms with van der Waals surface area (Å²) in [6.45, 7) is 8.48. The Balaban J connectivity index is 2.08. The Hall–Kier alpha value is -1.03. The van der Waals surface area contributed by atoms with E-state index in [0.717, 1.165) is 16.5 Å². The summed E-state index contributed by atoms with van der Waals surface area (Å²) in [4.78, 5) is 14.2. The van der Waals surface area contributed by atoms with E-state index in [-0.39, 0.29) is 6.09 Å². The molecular weight excluding hydrogens is 318 g/mol. The van der Waals surface area contributed by atoms with Crippen LogP contribution >= 0.6 is 15.9 Å². The highest BCUT2D eigenvalue weighted by Gasteiger charge is 2.42. The molecule has 2 unspecified atom stereocenters. The van der Waals surface area contributed by atoms with Gasteiger partial charge < -0.3 is 9.64 Å². The monoisotopic (exact) mass is 339 g/mol. The van der Waals surface area contributed by atoms with Crippen molar-refractivity contribution >= 4 is 22.0 Å². The van der Waals surface area contributed by atoms with Crippen molar-refractivity contribution in [1.29, 1.82) is 0 Å². The van der Waals surface area contributed by atoms with Gasteiger partial charge >= 0.3 is 6.09 Å². The van der Waals surface area contributed by atoms with E-state index in [1.54, 1.807) is 0 Å². The molecule has 0 heterocycles. The lowest BCUT2D eigenvalue weighted by Crippen LogP contribution is -2.38. The third-order valence-corrected chi connectivity index (χ3v) is 3.89. The number of ether oxygens (including phenoxy) is 1. The molecule has 1 amide bonds. The van der Waals surface area contributed by atoms with Gasteiger partial charge in [0.05, 0.1) is 0 Å². The van der Waals surface area contributed by atoms with E-state index in [2.05, 4.69) is 22.9 Å². The summed E-state index contributed by atoms with van der Waals surface area (Å²) >= 11 is 3.43. The number of carbonyl (C=O) groups is 1. The van der Waals surface area contributed by atoms with Crippen LogP contribution < -0.4 is 0 Å². The van der Waals surface area contributed by atoms with Crippen LogP contribution in [0.5, 0.6) is 0 Å². The van der Waals surface area contributed by atoms with Crippen LogP contribution in [0, 0.1) is 5.92 Å². The third kappa shape index (κ3) is 4.23. The van der Waals surface area contributed by atoms with E-state index in [9.17, 15) is 4.79 Å². The minimum Gasteiger partial charge on any atom is -0.444 e. The molecule has 0 N–H and O–H groups in total. The molecule has 3 nitrogen and oxygen atoms in total. The van der Waals surface area contributed by atoms with E-state index in [1.165, 1.54) is 0 Å². The van der Waals surface area contributed by atoms with Crippen molar-refractivity contribution in [2.24, 2.45) is 5.92 Å². The maximum atomic E-state index is 12.4. The Morgan fingerprint density at radius 3 is 2.35 bits per heavy atom. The molecule has 2 rings (SSSR count). The molecule has 1 saturated carbocycles. The molecule has 20 heavy (non-hydrogen) atoms. The number of carbonyl (C=O) groups excluding carboxylic acids is 1. The van der Waals surface area contributed by atoms with Gasteiger partial charge in [-0.25, -0.2) is 4.79 Å². The van der Waals surface area contributed by atoms with Crippen molar-refractivity contribution in [3.05, 3.63) is 34.3 Å². The van der Waals surface area contributed by atoms with Crippen LogP contribution in [-0.2, 0) is 11.3 Å². The first-order valence-electron chi connectivity index (χ1n) is 7.00. The lowest BCUT2D eigenvalue weighted by atomic mass is 10.2. The van der Waals surface area contributed by atoms with Gasteiger partial charge in [-0.1, -0.05) is 35.0 Å². The number of benzene rings is 1. The first-order valence-corrected chi connectivity index (χ1v) is 7.79. The quantitative estimate of drug-likeness (QED) is 0.805. The fraction of sp³-hybridized carbons (Fsp3) is 0.562. The molecule has 1 aromatic rings. The van der Waals surface area contributed by atoms with Crippen molar-refractivity contribution < 1.29 is 9.53 Å². The van der Waals surface area contributed by atoms with Gasteiger partial charge in [0, 0.05) is 17.1 Å². The van der Waals surface area contributed by atoms with Gasteiger partial charge in [0.15, 0.2) is 0 Å². The van der Waals surface area contributed by atoms with Gasteiger partial charge in [-0.15, -0.1) is 0 Å². The summed E-state index contributed by atoms with van der Waals surface area (Å²) in [6, 6.07) is 8.38. The molecule has 0 aliphatic heterocycles. The van der Waals surface area contributed by atoms with Crippen LogP contribution in [-0.4, -0.2) is 22.6 Å². The second-order valence-electron chi connectivity index (χ2n) is 6.52. The molecule has 4 heteroatoms. The molecule has 0 radical (unpaired) electrons. The summed E-state index contributed by atoms with van der Waals surface area (Å²) in [5, 5.41) is 0. The zero-order chi connectivity index (χ0) is 14.9. The van der Waals surface area contributed by atoms with Gasteiger partial charge in [-0.05, 0) is 50.8 Å². The Bertz CT molecular complexity index is 478. The third-order valence-electron chi connectivity index (χ3n) is 3.36. The molecule has 0 bridgehead atoms. The fourth-order valence-corrected chi connectivity index (χ4v) is 2.43. The highest BCUT2D eigenvalue weighted by Crippen LogP contribution is 2.36. The number of rotatable bonds is 3. The SMILES string of the molecule is CC1CC1N(Cc1ccc(Br)cc1)C(=O)OC(C)(C)C. The summed E-state index contributed by atoms with van der Waals surface area (Å²) in [7, 11) is 0. The van der Waals surface area contributed by atoms with Crippen molar-refractivity contribution in [2.75, 3.05) is 0 Å². The van der Waals surface area contributed by atoms with E-state index in [4.69, 9.17) is 4.74 Å². The molecule has 1 aliphatic carbocycles. The lowest BCUT2D eigenvalue weighted by Gasteiger charge is -2.28. The summed E-state index contributed by atoms with van der Waals surface area (Å²) in [5.41, 5.74) is 0.672. The molecule has 2 atom stereocenters. The van der Waals surface area contributed by atoms with Crippen LogP contribution in [0.2, 0.25) is 0 Å². The Morgan fingerprint density at radius 2 is 1.90 bits per heavy atom. The average Bonchev–Trinajstić information content (AvgIpc) is 3.03. The molecular formula is C16H22BrNO2. The predicted molar refractivity (Wildman–Crippen MR) is 83.5 cm³/mol. The van der Waals surface area contributed by atoms with Crippen molar-refractivity contribution in [2.45, 2.75) is 52.3 Å². The molecule has 1 aromatic carbocycles. The van der Waals surface area contributed by atoms with Crippen LogP contribution in [0.3, 0.4) is 0 Å². The topological polar surface area (TPSA) is 29.5 Å². The Morgan fingerprint density at radius 1 is 1.35 bits per heavy atom. The highest BCUT2D eigenvalue weighted by molar-refractivity contribution is 9.10. The summed E-state index contributed by atoms with van der Waals surface area (Å²) in [5.74, 6) is 0.568. The number of hydrogen-bond acceptors (Lipinski definition) is 2. The van der Waals surface area contributed by atoms with E-state index in [0.29, 0.717) is 18.5 Å². The van der Waals surface area contributed by atoms with Gasteiger partial charge in [0.2, 0.25) is 0 Å². The van der Waals surface area contributed by atoms with Crippen molar-refractivity contribution in [1.82, 2.24) is 4.90 Å². The maximum Gasteiger partial charge on any atom is 0.410 e. The smallest absolute Gasteiger partial charge is 0.410 e. The highest BCUT2D eigenvalue weighted by atomic mass is 79.9. The van der Waals surface area contributed by atoms with E-state index < -0.39 is 5.60 Å². The molecule has 1 fully saturated rings. The average molecular weight is 340 g/mol. The second-order valence-corrected chi connectivity index (χ2v) is 7.43. The minimum atomic E-state index is -0.451.